The van der Waals surface area contributed by atoms with E-state index in [9.17, 15) is 9.59 Å². The van der Waals surface area contributed by atoms with Crippen molar-refractivity contribution in [2.24, 2.45) is 5.73 Å². The molecule has 0 fully saturated rings. The second kappa shape index (κ2) is 8.12. The minimum absolute atomic E-state index is 0.224. The van der Waals surface area contributed by atoms with Crippen molar-refractivity contribution >= 4 is 23.6 Å². The molecule has 0 bridgehead atoms. The monoisotopic (exact) mass is 276 g/mol. The van der Waals surface area contributed by atoms with Crippen molar-refractivity contribution in [2.45, 2.75) is 32.2 Å². The highest BCUT2D eigenvalue weighted by Gasteiger charge is 2.12. The fraction of sp³-hybridized carbons (Fsp3) is 0.333. The first-order chi connectivity index (χ1) is 9.52. The van der Waals surface area contributed by atoms with Crippen LogP contribution in [0.5, 0.6) is 0 Å². The number of nitrogens with one attached hydrogen (secondary N) is 1. The summed E-state index contributed by atoms with van der Waals surface area (Å²) in [6, 6.07) is 6.42. The molecule has 0 aliphatic carbocycles. The number of aliphatic carboxylic acids is 1. The molecule has 0 heterocycles. The zero-order valence-electron chi connectivity index (χ0n) is 11.5. The zero-order chi connectivity index (χ0) is 15.0. The third-order valence-electron chi connectivity index (χ3n) is 2.78. The van der Waals surface area contributed by atoms with Crippen molar-refractivity contribution in [2.75, 3.05) is 5.32 Å². The summed E-state index contributed by atoms with van der Waals surface area (Å²) in [4.78, 5) is 22.3. The third kappa shape index (κ3) is 5.67. The maximum Gasteiger partial charge on any atom is 0.328 e. The van der Waals surface area contributed by atoms with Crippen molar-refractivity contribution in [3.8, 4) is 0 Å². The fourth-order valence-corrected chi connectivity index (χ4v) is 1.68. The first kappa shape index (κ1) is 15.9. The molecule has 0 aromatic heterocycles. The molecule has 0 aliphatic rings. The van der Waals surface area contributed by atoms with E-state index in [2.05, 4.69) is 5.32 Å². The van der Waals surface area contributed by atoms with Crippen molar-refractivity contribution < 1.29 is 14.7 Å². The minimum atomic E-state index is -1.01. The van der Waals surface area contributed by atoms with Gasteiger partial charge >= 0.3 is 5.97 Å². The lowest BCUT2D eigenvalue weighted by Crippen LogP contribution is -2.35. The van der Waals surface area contributed by atoms with Gasteiger partial charge in [0, 0.05) is 11.8 Å². The SMILES string of the molecule is CCCC[C@H](N)C(=O)Nc1cccc(/C=C/C(=O)O)c1. The molecular formula is C15H20N2O3. The molecule has 1 rings (SSSR count). The van der Waals surface area contributed by atoms with Gasteiger partial charge in [0.2, 0.25) is 5.91 Å². The molecule has 108 valence electrons. The summed E-state index contributed by atoms with van der Waals surface area (Å²) >= 11 is 0. The van der Waals surface area contributed by atoms with Crippen LogP contribution in [0.3, 0.4) is 0 Å². The Morgan fingerprint density at radius 3 is 2.85 bits per heavy atom. The van der Waals surface area contributed by atoms with E-state index in [0.717, 1.165) is 18.9 Å². The summed E-state index contributed by atoms with van der Waals surface area (Å²) in [6.45, 7) is 2.04. The lowest BCUT2D eigenvalue weighted by atomic mass is 10.1. The van der Waals surface area contributed by atoms with E-state index in [1.54, 1.807) is 24.3 Å². The van der Waals surface area contributed by atoms with Crippen LogP contribution in [-0.2, 0) is 9.59 Å². The Hall–Kier alpha value is -2.14. The number of anilines is 1. The molecule has 1 amide bonds. The van der Waals surface area contributed by atoms with Crippen molar-refractivity contribution in [3.63, 3.8) is 0 Å². The highest BCUT2D eigenvalue weighted by molar-refractivity contribution is 5.95. The Morgan fingerprint density at radius 1 is 1.45 bits per heavy atom. The average Bonchev–Trinajstić information content (AvgIpc) is 2.42. The molecule has 5 nitrogen and oxygen atoms in total. The van der Waals surface area contributed by atoms with Gasteiger partial charge in [0.15, 0.2) is 0 Å². The molecule has 20 heavy (non-hydrogen) atoms. The van der Waals surface area contributed by atoms with Gasteiger partial charge in [-0.15, -0.1) is 0 Å². The second-order valence-electron chi connectivity index (χ2n) is 4.54. The molecule has 0 unspecified atom stereocenters. The van der Waals surface area contributed by atoms with Crippen LogP contribution in [0.1, 0.15) is 31.7 Å². The van der Waals surface area contributed by atoms with Crippen molar-refractivity contribution in [3.05, 3.63) is 35.9 Å². The molecule has 4 N–H and O–H groups in total. The first-order valence-electron chi connectivity index (χ1n) is 6.60. The number of unbranched alkanes of at least 4 members (excludes halogenated alkanes) is 1. The van der Waals surface area contributed by atoms with E-state index in [1.165, 1.54) is 6.08 Å². The Labute approximate surface area is 118 Å². The Balaban J connectivity index is 2.66. The standard InChI is InChI=1S/C15H20N2O3/c1-2-3-7-13(16)15(20)17-12-6-4-5-11(10-12)8-9-14(18)19/h4-6,8-10,13H,2-3,7,16H2,1H3,(H,17,20)(H,18,19)/b9-8+/t13-/m0/s1. The highest BCUT2D eigenvalue weighted by atomic mass is 16.4. The van der Waals surface area contributed by atoms with E-state index in [4.69, 9.17) is 10.8 Å². The van der Waals surface area contributed by atoms with Gasteiger partial charge in [-0.05, 0) is 30.2 Å². The van der Waals surface area contributed by atoms with Crippen LogP contribution in [0, 0.1) is 0 Å². The minimum Gasteiger partial charge on any atom is -0.478 e. The zero-order valence-corrected chi connectivity index (χ0v) is 11.5. The molecular weight excluding hydrogens is 256 g/mol. The Bertz CT molecular complexity index is 498. The fourth-order valence-electron chi connectivity index (χ4n) is 1.68. The van der Waals surface area contributed by atoms with Crippen molar-refractivity contribution in [1.29, 1.82) is 0 Å². The summed E-state index contributed by atoms with van der Waals surface area (Å²) in [6.07, 6.45) is 5.08. The van der Waals surface area contributed by atoms with E-state index in [0.29, 0.717) is 17.7 Å². The highest BCUT2D eigenvalue weighted by Crippen LogP contribution is 2.13. The number of nitrogens with two attached hydrogens (primary N) is 1. The number of carbonyl (C=O) groups is 2. The largest absolute Gasteiger partial charge is 0.478 e. The summed E-state index contributed by atoms with van der Waals surface area (Å²) in [7, 11) is 0. The van der Waals surface area contributed by atoms with Gasteiger partial charge in [-0.25, -0.2) is 4.79 Å². The van der Waals surface area contributed by atoms with Gasteiger partial charge in [0.25, 0.3) is 0 Å². The maximum atomic E-state index is 11.8. The van der Waals surface area contributed by atoms with Gasteiger partial charge in [-0.1, -0.05) is 31.9 Å². The van der Waals surface area contributed by atoms with Crippen LogP contribution in [0.15, 0.2) is 30.3 Å². The van der Waals surface area contributed by atoms with E-state index < -0.39 is 12.0 Å². The predicted octanol–water partition coefficient (Wildman–Crippen LogP) is 2.24. The van der Waals surface area contributed by atoms with Crippen LogP contribution in [0.4, 0.5) is 5.69 Å². The summed E-state index contributed by atoms with van der Waals surface area (Å²) in [5.41, 5.74) is 7.09. The first-order valence-corrected chi connectivity index (χ1v) is 6.60. The molecule has 5 heteroatoms. The predicted molar refractivity (Wildman–Crippen MR) is 79.2 cm³/mol. The molecule has 0 saturated carbocycles. The van der Waals surface area contributed by atoms with Gasteiger partial charge in [0.1, 0.15) is 0 Å². The Morgan fingerprint density at radius 2 is 2.20 bits per heavy atom. The van der Waals surface area contributed by atoms with Crippen LogP contribution in [0.25, 0.3) is 6.08 Å². The number of hydrogen-bond acceptors (Lipinski definition) is 3. The molecule has 0 saturated heterocycles. The molecule has 0 radical (unpaired) electrons. The lowest BCUT2D eigenvalue weighted by molar-refractivity contribution is -0.131. The average molecular weight is 276 g/mol. The van der Waals surface area contributed by atoms with E-state index in [-0.39, 0.29) is 5.91 Å². The van der Waals surface area contributed by atoms with Crippen LogP contribution < -0.4 is 11.1 Å². The third-order valence-corrected chi connectivity index (χ3v) is 2.78. The summed E-state index contributed by atoms with van der Waals surface area (Å²) < 4.78 is 0. The smallest absolute Gasteiger partial charge is 0.328 e. The normalized spacial score (nSPS) is 12.3. The molecule has 0 aliphatic heterocycles. The molecule has 1 aromatic rings. The second-order valence-corrected chi connectivity index (χ2v) is 4.54. The number of carbonyl (C=O) groups excluding carboxylic acids is 1. The van der Waals surface area contributed by atoms with E-state index >= 15 is 0 Å². The number of carboxylic acids is 1. The Kier molecular flexibility index (Phi) is 6.46. The van der Waals surface area contributed by atoms with E-state index in [1.807, 2.05) is 6.92 Å². The number of amides is 1. The van der Waals surface area contributed by atoms with Crippen molar-refractivity contribution in [1.82, 2.24) is 0 Å². The lowest BCUT2D eigenvalue weighted by Gasteiger charge is -2.12. The maximum absolute atomic E-state index is 11.8. The number of rotatable bonds is 7. The number of carboxylic acid groups (broad SMARTS) is 1. The van der Waals surface area contributed by atoms with Crippen LogP contribution in [0.2, 0.25) is 0 Å². The topological polar surface area (TPSA) is 92.4 Å². The van der Waals surface area contributed by atoms with Gasteiger partial charge < -0.3 is 16.2 Å². The number of hydrogen-bond donors (Lipinski definition) is 3. The number of benzene rings is 1. The van der Waals surface area contributed by atoms with Gasteiger partial charge in [-0.3, -0.25) is 4.79 Å². The quantitative estimate of drug-likeness (QED) is 0.666. The van der Waals surface area contributed by atoms with Gasteiger partial charge in [-0.2, -0.15) is 0 Å². The molecule has 0 spiro atoms. The van der Waals surface area contributed by atoms with Crippen LogP contribution >= 0.6 is 0 Å². The molecule has 1 atom stereocenters. The summed E-state index contributed by atoms with van der Waals surface area (Å²) in [5.74, 6) is -1.24. The molecule has 1 aromatic carbocycles. The van der Waals surface area contributed by atoms with Gasteiger partial charge in [0.05, 0.1) is 6.04 Å². The van der Waals surface area contributed by atoms with Crippen LogP contribution in [-0.4, -0.2) is 23.0 Å². The summed E-state index contributed by atoms with van der Waals surface area (Å²) in [5, 5.41) is 11.3.